The van der Waals surface area contributed by atoms with E-state index in [4.69, 9.17) is 10.5 Å². The number of carbonyl (C=O) groups excluding carboxylic acids is 3. The van der Waals surface area contributed by atoms with Crippen LogP contribution in [0.5, 0.6) is 0 Å². The van der Waals surface area contributed by atoms with Crippen molar-refractivity contribution in [2.24, 2.45) is 12.8 Å². The lowest BCUT2D eigenvalue weighted by Gasteiger charge is -2.29. The lowest BCUT2D eigenvalue weighted by molar-refractivity contribution is -0.140. The number of rotatable bonds is 8. The van der Waals surface area contributed by atoms with Crippen LogP contribution < -0.4 is 16.4 Å². The van der Waals surface area contributed by atoms with Crippen LogP contribution in [-0.4, -0.2) is 68.1 Å². The van der Waals surface area contributed by atoms with E-state index in [0.29, 0.717) is 19.3 Å². The van der Waals surface area contributed by atoms with E-state index in [9.17, 15) is 14.4 Å². The molecule has 3 atom stereocenters. The maximum atomic E-state index is 13.8. The summed E-state index contributed by atoms with van der Waals surface area (Å²) in [5, 5.41) is 13.8. The van der Waals surface area contributed by atoms with Gasteiger partial charge in [-0.3, -0.25) is 9.59 Å². The number of carbonyl (C=O) groups is 3. The summed E-state index contributed by atoms with van der Waals surface area (Å²) in [6.45, 7) is 5.77. The highest BCUT2D eigenvalue weighted by atomic mass is 16.6. The van der Waals surface area contributed by atoms with Crippen molar-refractivity contribution in [2.45, 2.75) is 70.3 Å². The van der Waals surface area contributed by atoms with E-state index >= 15 is 0 Å². The third-order valence-corrected chi connectivity index (χ3v) is 6.61. The number of amides is 3. The molecule has 0 saturated carbocycles. The molecule has 39 heavy (non-hydrogen) atoms. The zero-order valence-corrected chi connectivity index (χ0v) is 22.9. The fourth-order valence-corrected chi connectivity index (χ4v) is 4.73. The molecule has 1 aromatic heterocycles. The van der Waals surface area contributed by atoms with Crippen LogP contribution >= 0.6 is 0 Å². The van der Waals surface area contributed by atoms with Gasteiger partial charge in [0.05, 0.1) is 5.52 Å². The predicted octanol–water partition coefficient (Wildman–Crippen LogP) is 2.04. The number of alkyl carbamates (subject to hydrolysis) is 1. The molecule has 3 aromatic rings. The van der Waals surface area contributed by atoms with Crippen molar-refractivity contribution in [3.63, 3.8) is 0 Å². The van der Waals surface area contributed by atoms with Crippen molar-refractivity contribution < 1.29 is 19.1 Å². The zero-order valence-electron chi connectivity index (χ0n) is 22.9. The molecule has 11 nitrogen and oxygen atoms in total. The van der Waals surface area contributed by atoms with Crippen LogP contribution in [0, 0.1) is 0 Å². The summed E-state index contributed by atoms with van der Waals surface area (Å²) in [6, 6.07) is 13.4. The molecule has 0 spiro atoms. The first-order valence-corrected chi connectivity index (χ1v) is 13.2. The minimum absolute atomic E-state index is 0.223. The minimum Gasteiger partial charge on any atom is -0.444 e. The first kappa shape index (κ1) is 28.0. The molecule has 11 heteroatoms. The van der Waals surface area contributed by atoms with Gasteiger partial charge in [0.25, 0.3) is 0 Å². The van der Waals surface area contributed by atoms with Crippen LogP contribution in [0.25, 0.3) is 11.0 Å². The van der Waals surface area contributed by atoms with Crippen molar-refractivity contribution in [3.05, 3.63) is 59.7 Å². The van der Waals surface area contributed by atoms with E-state index in [1.165, 1.54) is 4.90 Å². The number of nitrogens with two attached hydrogens (primary N) is 1. The van der Waals surface area contributed by atoms with Crippen LogP contribution in [0.1, 0.15) is 44.7 Å². The predicted molar refractivity (Wildman–Crippen MR) is 146 cm³/mol. The smallest absolute Gasteiger partial charge is 0.408 e. The summed E-state index contributed by atoms with van der Waals surface area (Å²) in [4.78, 5) is 41.1. The molecular weight excluding hydrogens is 498 g/mol. The fraction of sp³-hybridized carbons (Fsp3) is 0.464. The van der Waals surface area contributed by atoms with E-state index in [1.54, 1.807) is 25.5 Å². The Balaban J connectivity index is 1.45. The Bertz CT molecular complexity index is 1320. The van der Waals surface area contributed by atoms with E-state index in [1.807, 2.05) is 55.6 Å². The number of aryl methyl sites for hydroxylation is 2. The first-order chi connectivity index (χ1) is 18.5. The van der Waals surface area contributed by atoms with Crippen molar-refractivity contribution in [2.75, 3.05) is 6.54 Å². The fourth-order valence-electron chi connectivity index (χ4n) is 4.73. The van der Waals surface area contributed by atoms with Crippen molar-refractivity contribution in [1.29, 1.82) is 0 Å². The van der Waals surface area contributed by atoms with E-state index in [2.05, 4.69) is 20.9 Å². The summed E-state index contributed by atoms with van der Waals surface area (Å²) in [7, 11) is 1.82. The lowest BCUT2D eigenvalue weighted by Crippen LogP contribution is -2.54. The van der Waals surface area contributed by atoms with Gasteiger partial charge in [0, 0.05) is 26.2 Å². The number of hydrogen-bond acceptors (Lipinski definition) is 7. The number of nitrogens with zero attached hydrogens (tertiary/aromatic N) is 4. The number of benzene rings is 2. The second-order valence-corrected chi connectivity index (χ2v) is 11.0. The summed E-state index contributed by atoms with van der Waals surface area (Å²) >= 11 is 0. The summed E-state index contributed by atoms with van der Waals surface area (Å²) in [5.74, 6) is -0.652. The highest BCUT2D eigenvalue weighted by molar-refractivity contribution is 5.92. The molecule has 4 rings (SSSR count). The lowest BCUT2D eigenvalue weighted by atomic mass is 10.0. The minimum atomic E-state index is -0.875. The second kappa shape index (κ2) is 11.8. The van der Waals surface area contributed by atoms with Crippen LogP contribution in [-0.2, 0) is 34.3 Å². The van der Waals surface area contributed by atoms with Crippen molar-refractivity contribution in [1.82, 2.24) is 30.5 Å². The quantitative estimate of drug-likeness (QED) is 0.400. The number of fused-ring (bicyclic) bond motifs is 1. The van der Waals surface area contributed by atoms with Crippen LogP contribution in [0.2, 0.25) is 0 Å². The average Bonchev–Trinajstić information content (AvgIpc) is 3.46. The average molecular weight is 536 g/mol. The largest absolute Gasteiger partial charge is 0.444 e. The highest BCUT2D eigenvalue weighted by Crippen LogP contribution is 2.21. The third-order valence-electron chi connectivity index (χ3n) is 6.61. The summed E-state index contributed by atoms with van der Waals surface area (Å²) < 4.78 is 7.09. The van der Waals surface area contributed by atoms with Crippen LogP contribution in [0.15, 0.2) is 48.5 Å². The molecule has 4 N–H and O–H groups in total. The normalized spacial score (nSPS) is 18.1. The van der Waals surface area contributed by atoms with Crippen molar-refractivity contribution >= 4 is 28.9 Å². The van der Waals surface area contributed by atoms with Gasteiger partial charge in [0.1, 0.15) is 23.2 Å². The maximum absolute atomic E-state index is 13.8. The number of aromatic nitrogens is 3. The number of ether oxygens (including phenoxy) is 1. The van der Waals surface area contributed by atoms with Gasteiger partial charge in [-0.1, -0.05) is 41.6 Å². The zero-order chi connectivity index (χ0) is 28.2. The molecule has 3 amide bonds. The molecule has 1 aliphatic heterocycles. The van der Waals surface area contributed by atoms with Crippen LogP contribution in [0.4, 0.5) is 4.79 Å². The standard InChI is InChI=1S/C28H37N7O4/c1-28(2,3)39-27(38)31-21(12-10-18-8-6-5-7-9-18)26(37)35-17-20(29)15-24(35)25(36)30-16-19-11-13-23-22(14-19)32-33-34(23)4/h5-9,11,13-14,20-21,24H,10,12,15-17,29H2,1-4H3,(H,30,36)(H,31,38)/t20-,21+,24-/m0/s1. The third kappa shape index (κ3) is 7.32. The van der Waals surface area contributed by atoms with Gasteiger partial charge in [-0.15, -0.1) is 5.10 Å². The molecule has 0 aliphatic carbocycles. The van der Waals surface area contributed by atoms with E-state index < -0.39 is 23.8 Å². The second-order valence-electron chi connectivity index (χ2n) is 11.0. The molecule has 0 bridgehead atoms. The Morgan fingerprint density at radius 1 is 1.13 bits per heavy atom. The Labute approximate surface area is 228 Å². The summed E-state index contributed by atoms with van der Waals surface area (Å²) in [6.07, 6.45) is 0.561. The van der Waals surface area contributed by atoms with Crippen LogP contribution in [0.3, 0.4) is 0 Å². The number of likely N-dealkylation sites (tertiary alicyclic amines) is 1. The monoisotopic (exact) mass is 535 g/mol. The highest BCUT2D eigenvalue weighted by Gasteiger charge is 2.41. The molecule has 1 saturated heterocycles. The number of hydrogen-bond donors (Lipinski definition) is 3. The van der Waals surface area contributed by atoms with E-state index in [-0.39, 0.29) is 30.9 Å². The molecule has 1 aliphatic rings. The molecule has 0 radical (unpaired) electrons. The molecule has 1 fully saturated rings. The molecular formula is C28H37N7O4. The number of nitrogens with one attached hydrogen (secondary N) is 2. The van der Waals surface area contributed by atoms with Gasteiger partial charge >= 0.3 is 6.09 Å². The van der Waals surface area contributed by atoms with Crippen molar-refractivity contribution in [3.8, 4) is 0 Å². The van der Waals surface area contributed by atoms with Gasteiger partial charge in [-0.05, 0) is 63.3 Å². The SMILES string of the molecule is Cn1nnc2cc(CNC(=O)[C@@H]3C[C@H](N)CN3C(=O)[C@@H](CCc3ccccc3)NC(=O)OC(C)(C)C)ccc21. The van der Waals surface area contributed by atoms with Gasteiger partial charge in [0.15, 0.2) is 0 Å². The van der Waals surface area contributed by atoms with Gasteiger partial charge in [-0.25, -0.2) is 9.48 Å². The molecule has 2 aromatic carbocycles. The molecule has 208 valence electrons. The Hall–Kier alpha value is -3.99. The first-order valence-electron chi connectivity index (χ1n) is 13.2. The Morgan fingerprint density at radius 2 is 1.87 bits per heavy atom. The van der Waals surface area contributed by atoms with Gasteiger partial charge < -0.3 is 26.0 Å². The maximum Gasteiger partial charge on any atom is 0.408 e. The van der Waals surface area contributed by atoms with Gasteiger partial charge in [0.2, 0.25) is 11.8 Å². The Kier molecular flexibility index (Phi) is 8.49. The van der Waals surface area contributed by atoms with Gasteiger partial charge in [-0.2, -0.15) is 0 Å². The Morgan fingerprint density at radius 3 is 2.59 bits per heavy atom. The van der Waals surface area contributed by atoms with E-state index in [0.717, 1.165) is 22.2 Å². The molecule has 0 unspecified atom stereocenters. The topological polar surface area (TPSA) is 144 Å². The summed E-state index contributed by atoms with van der Waals surface area (Å²) in [5.41, 5.74) is 9.02. The molecule has 2 heterocycles.